The number of methoxy groups -OCH3 is 1. The van der Waals surface area contributed by atoms with Crippen LogP contribution in [0.2, 0.25) is 0 Å². The van der Waals surface area contributed by atoms with E-state index in [1.165, 1.54) is 13.2 Å². The van der Waals surface area contributed by atoms with Crippen molar-refractivity contribution in [3.05, 3.63) is 29.3 Å². The van der Waals surface area contributed by atoms with Crippen LogP contribution >= 0.6 is 0 Å². The maximum Gasteiger partial charge on any atom is 0.337 e. The van der Waals surface area contributed by atoms with Gasteiger partial charge in [-0.05, 0) is 29.2 Å². The van der Waals surface area contributed by atoms with Crippen LogP contribution in [0.5, 0.6) is 0 Å². The standard InChI is InChI=1S/C12H17NO4/c1-12(2,3)9-5-8(11(14)17-4)6-10(7-9)13(15)16/h5-7,15-16H,1-4H3. The van der Waals surface area contributed by atoms with Crippen molar-refractivity contribution < 1.29 is 19.9 Å². The highest BCUT2D eigenvalue weighted by atomic mass is 16.8. The number of anilines is 1. The minimum absolute atomic E-state index is 0.0122. The van der Waals surface area contributed by atoms with Crippen molar-refractivity contribution in [2.24, 2.45) is 0 Å². The number of hydrogen-bond acceptors (Lipinski definition) is 5. The van der Waals surface area contributed by atoms with Crippen molar-refractivity contribution in [2.75, 3.05) is 12.3 Å². The Morgan fingerprint density at radius 1 is 1.24 bits per heavy atom. The van der Waals surface area contributed by atoms with E-state index in [2.05, 4.69) is 4.74 Å². The molecule has 0 aromatic heterocycles. The average Bonchev–Trinajstić information content (AvgIpc) is 2.26. The van der Waals surface area contributed by atoms with Gasteiger partial charge in [-0.1, -0.05) is 20.8 Å². The Hall–Kier alpha value is -1.59. The Bertz CT molecular complexity index is 421. The lowest BCUT2D eigenvalue weighted by Crippen LogP contribution is -2.17. The molecule has 2 N–H and O–H groups in total. The monoisotopic (exact) mass is 239 g/mol. The first-order valence-corrected chi connectivity index (χ1v) is 5.17. The predicted molar refractivity (Wildman–Crippen MR) is 62.5 cm³/mol. The summed E-state index contributed by atoms with van der Waals surface area (Å²) in [6.07, 6.45) is 0. The second kappa shape index (κ2) is 4.73. The fraction of sp³-hybridized carbons (Fsp3) is 0.417. The maximum atomic E-state index is 11.5. The quantitative estimate of drug-likeness (QED) is 0.612. The molecule has 0 saturated carbocycles. The SMILES string of the molecule is COC(=O)c1cc(N(O)O)cc(C(C)(C)C)c1. The van der Waals surface area contributed by atoms with Gasteiger partial charge in [0.15, 0.2) is 0 Å². The molecule has 17 heavy (non-hydrogen) atoms. The summed E-state index contributed by atoms with van der Waals surface area (Å²) in [4.78, 5) is 11.5. The molecule has 0 aliphatic carbocycles. The number of carbonyl (C=O) groups excluding carboxylic acids is 1. The number of esters is 1. The Balaban J connectivity index is 3.34. The number of nitrogens with zero attached hydrogens (tertiary/aromatic N) is 1. The van der Waals surface area contributed by atoms with Gasteiger partial charge in [-0.25, -0.2) is 4.79 Å². The van der Waals surface area contributed by atoms with Crippen LogP contribution in [0.1, 0.15) is 36.7 Å². The largest absolute Gasteiger partial charge is 0.465 e. The zero-order valence-corrected chi connectivity index (χ0v) is 10.4. The number of carbonyl (C=O) groups is 1. The lowest BCUT2D eigenvalue weighted by molar-refractivity contribution is 0.0290. The van der Waals surface area contributed by atoms with Crippen molar-refractivity contribution in [2.45, 2.75) is 26.2 Å². The van der Waals surface area contributed by atoms with Crippen molar-refractivity contribution in [3.8, 4) is 0 Å². The van der Waals surface area contributed by atoms with Crippen LogP contribution in [0.15, 0.2) is 18.2 Å². The van der Waals surface area contributed by atoms with Gasteiger partial charge >= 0.3 is 5.97 Å². The summed E-state index contributed by atoms with van der Waals surface area (Å²) in [7, 11) is 1.28. The van der Waals surface area contributed by atoms with Crippen LogP contribution in [0, 0.1) is 0 Å². The summed E-state index contributed by atoms with van der Waals surface area (Å²) in [6.45, 7) is 5.89. The Labute approximate surface area is 100 Å². The molecule has 0 unspecified atom stereocenters. The van der Waals surface area contributed by atoms with E-state index >= 15 is 0 Å². The lowest BCUT2D eigenvalue weighted by Gasteiger charge is -2.21. The van der Waals surface area contributed by atoms with Gasteiger partial charge < -0.3 is 4.74 Å². The second-order valence-corrected chi connectivity index (χ2v) is 4.80. The third kappa shape index (κ3) is 3.18. The number of benzene rings is 1. The maximum absolute atomic E-state index is 11.5. The zero-order valence-electron chi connectivity index (χ0n) is 10.4. The topological polar surface area (TPSA) is 70.0 Å². The van der Waals surface area contributed by atoms with Crippen LogP contribution in [0.25, 0.3) is 0 Å². The van der Waals surface area contributed by atoms with E-state index < -0.39 is 5.97 Å². The van der Waals surface area contributed by atoms with Crippen LogP contribution in [-0.2, 0) is 10.2 Å². The molecule has 0 aliphatic heterocycles. The van der Waals surface area contributed by atoms with E-state index in [-0.39, 0.29) is 21.9 Å². The molecule has 0 heterocycles. The first kappa shape index (κ1) is 13.5. The fourth-order valence-electron chi connectivity index (χ4n) is 1.40. The van der Waals surface area contributed by atoms with Crippen LogP contribution in [-0.4, -0.2) is 23.5 Å². The van der Waals surface area contributed by atoms with E-state index in [1.54, 1.807) is 12.1 Å². The molecule has 5 heteroatoms. The highest BCUT2D eigenvalue weighted by Crippen LogP contribution is 2.27. The minimum atomic E-state index is -0.515. The molecule has 0 fully saturated rings. The summed E-state index contributed by atoms with van der Waals surface area (Å²) in [5, 5.41) is 18.0. The summed E-state index contributed by atoms with van der Waals surface area (Å²) in [5.41, 5.74) is 0.999. The average molecular weight is 239 g/mol. The van der Waals surface area contributed by atoms with Gasteiger partial charge in [-0.3, -0.25) is 10.4 Å². The molecule has 1 rings (SSSR count). The highest BCUT2D eigenvalue weighted by molar-refractivity contribution is 5.90. The molecule has 0 bridgehead atoms. The van der Waals surface area contributed by atoms with Crippen molar-refractivity contribution in [1.82, 2.24) is 0 Å². The Morgan fingerprint density at radius 3 is 2.24 bits per heavy atom. The minimum Gasteiger partial charge on any atom is -0.465 e. The molecule has 5 nitrogen and oxygen atoms in total. The number of rotatable bonds is 2. The van der Waals surface area contributed by atoms with E-state index in [1.807, 2.05) is 20.8 Å². The molecule has 0 aliphatic rings. The van der Waals surface area contributed by atoms with E-state index in [4.69, 9.17) is 10.4 Å². The molecule has 94 valence electrons. The van der Waals surface area contributed by atoms with Crippen LogP contribution in [0.4, 0.5) is 5.69 Å². The molecule has 1 aromatic carbocycles. The van der Waals surface area contributed by atoms with E-state index in [0.29, 0.717) is 0 Å². The summed E-state index contributed by atoms with van der Waals surface area (Å²) in [5.74, 6) is -0.515. The van der Waals surface area contributed by atoms with Crippen molar-refractivity contribution in [3.63, 3.8) is 0 Å². The Morgan fingerprint density at radius 2 is 1.82 bits per heavy atom. The van der Waals surface area contributed by atoms with Crippen molar-refractivity contribution >= 4 is 11.7 Å². The molecule has 0 atom stereocenters. The first-order chi connectivity index (χ1) is 7.75. The van der Waals surface area contributed by atoms with E-state index in [0.717, 1.165) is 5.56 Å². The molecular formula is C12H17NO4. The Kier molecular flexibility index (Phi) is 3.75. The second-order valence-electron chi connectivity index (χ2n) is 4.80. The van der Waals surface area contributed by atoms with Gasteiger partial charge in [0.2, 0.25) is 0 Å². The molecule has 0 saturated heterocycles. The van der Waals surface area contributed by atoms with Gasteiger partial charge in [0, 0.05) is 0 Å². The van der Waals surface area contributed by atoms with Crippen LogP contribution in [0.3, 0.4) is 0 Å². The lowest BCUT2D eigenvalue weighted by atomic mass is 9.86. The highest BCUT2D eigenvalue weighted by Gasteiger charge is 2.19. The van der Waals surface area contributed by atoms with Gasteiger partial charge in [-0.2, -0.15) is 0 Å². The third-order valence-electron chi connectivity index (χ3n) is 2.44. The van der Waals surface area contributed by atoms with Crippen molar-refractivity contribution in [1.29, 1.82) is 0 Å². The molecule has 1 aromatic rings. The van der Waals surface area contributed by atoms with Gasteiger partial charge in [0.1, 0.15) is 0 Å². The van der Waals surface area contributed by atoms with Gasteiger partial charge in [0.25, 0.3) is 0 Å². The zero-order chi connectivity index (χ0) is 13.2. The van der Waals surface area contributed by atoms with Gasteiger partial charge in [-0.15, -0.1) is 5.23 Å². The number of ether oxygens (including phenoxy) is 1. The summed E-state index contributed by atoms with van der Waals surface area (Å²) < 4.78 is 4.62. The predicted octanol–water partition coefficient (Wildman–Crippen LogP) is 2.36. The molecule has 0 amide bonds. The van der Waals surface area contributed by atoms with Gasteiger partial charge in [0.05, 0.1) is 18.4 Å². The molecule has 0 radical (unpaired) electrons. The van der Waals surface area contributed by atoms with E-state index in [9.17, 15) is 4.79 Å². The molecule has 0 spiro atoms. The smallest absolute Gasteiger partial charge is 0.337 e. The normalized spacial score (nSPS) is 11.2. The van der Waals surface area contributed by atoms with Crippen LogP contribution < -0.4 is 5.23 Å². The summed E-state index contributed by atoms with van der Waals surface area (Å²) >= 11 is 0. The number of hydrogen-bond donors (Lipinski definition) is 2. The fourth-order valence-corrected chi connectivity index (χ4v) is 1.40. The first-order valence-electron chi connectivity index (χ1n) is 5.17. The summed E-state index contributed by atoms with van der Waals surface area (Å²) in [6, 6.07) is 4.63. The molecular weight excluding hydrogens is 222 g/mol. The third-order valence-corrected chi connectivity index (χ3v) is 2.44.